The average Bonchev–Trinajstić information content (AvgIpc) is 3.30. The number of carbonyl (C=O) groups is 2. The number of nitrogens with zero attached hydrogens (tertiary/aromatic N) is 4. The van der Waals surface area contributed by atoms with Gasteiger partial charge >= 0.3 is 0 Å². The van der Waals surface area contributed by atoms with Crippen LogP contribution in [0.1, 0.15) is 19.8 Å². The van der Waals surface area contributed by atoms with Gasteiger partial charge in [0.25, 0.3) is 5.91 Å². The zero-order valence-electron chi connectivity index (χ0n) is 14.6. The third-order valence-electron chi connectivity index (χ3n) is 4.28. The highest BCUT2D eigenvalue weighted by Gasteiger charge is 2.33. The summed E-state index contributed by atoms with van der Waals surface area (Å²) in [7, 11) is 1.69. The molecule has 2 aromatic rings. The fourth-order valence-corrected chi connectivity index (χ4v) is 3.74. The first-order valence-electron chi connectivity index (χ1n) is 8.27. The molecule has 2 heterocycles. The highest BCUT2D eigenvalue weighted by atomic mass is 32.1. The second-order valence-electron chi connectivity index (χ2n) is 6.12. The Kier molecular flexibility index (Phi) is 5.19. The summed E-state index contributed by atoms with van der Waals surface area (Å²) in [6.45, 7) is 2.09. The molecule has 1 fully saturated rings. The second kappa shape index (κ2) is 7.54. The minimum absolute atomic E-state index is 0.106. The Morgan fingerprint density at radius 2 is 2.12 bits per heavy atom. The molecule has 0 bridgehead atoms. The van der Waals surface area contributed by atoms with Crippen molar-refractivity contribution in [3.05, 3.63) is 29.6 Å². The van der Waals surface area contributed by atoms with E-state index in [1.54, 1.807) is 7.05 Å². The molecule has 7 nitrogen and oxygen atoms in total. The summed E-state index contributed by atoms with van der Waals surface area (Å²) in [5.41, 5.74) is 2.39. The van der Waals surface area contributed by atoms with Crippen LogP contribution < -0.4 is 10.2 Å². The maximum absolute atomic E-state index is 12.7. The molecule has 1 atom stereocenters. The summed E-state index contributed by atoms with van der Waals surface area (Å²) in [5, 5.41) is 14.3. The fourth-order valence-electron chi connectivity index (χ4n) is 2.94. The predicted molar refractivity (Wildman–Crippen MR) is 101 cm³/mol. The maximum atomic E-state index is 12.7. The van der Waals surface area contributed by atoms with E-state index in [0.29, 0.717) is 18.1 Å². The number of likely N-dealkylation sites (N-methyl/N-ethyl adjacent to an activating group) is 1. The Labute approximate surface area is 155 Å². The smallest absolute Gasteiger partial charge is 0.251 e. The highest BCUT2D eigenvalue weighted by molar-refractivity contribution is 7.14. The van der Waals surface area contributed by atoms with Gasteiger partial charge in [-0.15, -0.1) is 11.3 Å². The van der Waals surface area contributed by atoms with Gasteiger partial charge in [0.1, 0.15) is 6.04 Å². The molecule has 1 aliphatic heterocycles. The van der Waals surface area contributed by atoms with E-state index >= 15 is 0 Å². The van der Waals surface area contributed by atoms with Gasteiger partial charge in [0.15, 0.2) is 11.3 Å². The SMILES string of the molecule is CC(=O)Nc1ccc(-c2csc(N(C)C(=O)[C@@H]3CCCN3C#N)n2)cc1. The lowest BCUT2D eigenvalue weighted by molar-refractivity contribution is -0.121. The number of benzene rings is 1. The van der Waals surface area contributed by atoms with Crippen LogP contribution in [0, 0.1) is 11.5 Å². The quantitative estimate of drug-likeness (QED) is 0.837. The van der Waals surface area contributed by atoms with Crippen LogP contribution in [-0.4, -0.2) is 41.3 Å². The zero-order chi connectivity index (χ0) is 18.7. The summed E-state index contributed by atoms with van der Waals surface area (Å²) in [6, 6.07) is 6.98. The number of hydrogen-bond acceptors (Lipinski definition) is 6. The van der Waals surface area contributed by atoms with Gasteiger partial charge in [0.2, 0.25) is 5.91 Å². The van der Waals surface area contributed by atoms with Crippen LogP contribution in [0.5, 0.6) is 0 Å². The first kappa shape index (κ1) is 17.9. The molecule has 26 heavy (non-hydrogen) atoms. The first-order chi connectivity index (χ1) is 12.5. The molecule has 8 heteroatoms. The van der Waals surface area contributed by atoms with Gasteiger partial charge in [-0.1, -0.05) is 12.1 Å². The highest BCUT2D eigenvalue weighted by Crippen LogP contribution is 2.29. The zero-order valence-corrected chi connectivity index (χ0v) is 15.4. The molecular weight excluding hydrogens is 350 g/mol. The van der Waals surface area contributed by atoms with Crippen molar-refractivity contribution < 1.29 is 9.59 Å². The number of nitrogens with one attached hydrogen (secondary N) is 1. The number of likely N-dealkylation sites (tertiary alicyclic amines) is 1. The molecule has 0 spiro atoms. The minimum Gasteiger partial charge on any atom is -0.326 e. The lowest BCUT2D eigenvalue weighted by Crippen LogP contribution is -2.42. The molecule has 1 aliphatic rings. The van der Waals surface area contributed by atoms with Gasteiger partial charge in [-0.2, -0.15) is 5.26 Å². The molecule has 1 aromatic carbocycles. The van der Waals surface area contributed by atoms with Crippen molar-refractivity contribution >= 4 is 34.0 Å². The number of carbonyl (C=O) groups excluding carboxylic acids is 2. The summed E-state index contributed by atoms with van der Waals surface area (Å²) in [4.78, 5) is 31.4. The van der Waals surface area contributed by atoms with E-state index in [4.69, 9.17) is 5.26 Å². The monoisotopic (exact) mass is 369 g/mol. The van der Waals surface area contributed by atoms with E-state index in [2.05, 4.69) is 16.5 Å². The van der Waals surface area contributed by atoms with Gasteiger partial charge in [-0.25, -0.2) is 4.98 Å². The lowest BCUT2D eigenvalue weighted by Gasteiger charge is -2.22. The molecule has 0 unspecified atom stereocenters. The summed E-state index contributed by atoms with van der Waals surface area (Å²) < 4.78 is 0. The Balaban J connectivity index is 1.74. The van der Waals surface area contributed by atoms with Gasteiger partial charge < -0.3 is 5.32 Å². The van der Waals surface area contributed by atoms with Crippen molar-refractivity contribution in [2.45, 2.75) is 25.8 Å². The Morgan fingerprint density at radius 3 is 2.77 bits per heavy atom. The van der Waals surface area contributed by atoms with Gasteiger partial charge in [-0.05, 0) is 25.0 Å². The number of rotatable bonds is 4. The van der Waals surface area contributed by atoms with E-state index in [0.717, 1.165) is 23.4 Å². The summed E-state index contributed by atoms with van der Waals surface area (Å²) >= 11 is 1.39. The molecule has 0 radical (unpaired) electrons. The van der Waals surface area contributed by atoms with Crippen LogP contribution in [-0.2, 0) is 9.59 Å². The fraction of sp³-hybridized carbons (Fsp3) is 0.333. The van der Waals surface area contributed by atoms with Crippen molar-refractivity contribution in [1.82, 2.24) is 9.88 Å². The van der Waals surface area contributed by atoms with Crippen molar-refractivity contribution in [3.63, 3.8) is 0 Å². The van der Waals surface area contributed by atoms with Crippen LogP contribution >= 0.6 is 11.3 Å². The molecule has 3 rings (SSSR count). The van der Waals surface area contributed by atoms with Crippen LogP contribution in [0.25, 0.3) is 11.3 Å². The van der Waals surface area contributed by atoms with E-state index < -0.39 is 6.04 Å². The molecule has 2 amide bonds. The van der Waals surface area contributed by atoms with E-state index in [-0.39, 0.29) is 11.8 Å². The molecule has 0 saturated carbocycles. The molecule has 134 valence electrons. The molecule has 1 N–H and O–H groups in total. The summed E-state index contributed by atoms with van der Waals surface area (Å²) in [5.74, 6) is -0.224. The Hall–Kier alpha value is -2.92. The number of aromatic nitrogens is 1. The number of thiazole rings is 1. The maximum Gasteiger partial charge on any atom is 0.251 e. The molecule has 0 aliphatic carbocycles. The van der Waals surface area contributed by atoms with Crippen molar-refractivity contribution in [1.29, 1.82) is 5.26 Å². The largest absolute Gasteiger partial charge is 0.326 e. The van der Waals surface area contributed by atoms with Crippen LogP contribution in [0.2, 0.25) is 0 Å². The van der Waals surface area contributed by atoms with E-state index in [1.165, 1.54) is 28.1 Å². The lowest BCUT2D eigenvalue weighted by atomic mass is 10.1. The average molecular weight is 369 g/mol. The van der Waals surface area contributed by atoms with Crippen LogP contribution in [0.4, 0.5) is 10.8 Å². The number of hydrogen-bond donors (Lipinski definition) is 1. The second-order valence-corrected chi connectivity index (χ2v) is 6.96. The van der Waals surface area contributed by atoms with Crippen molar-refractivity contribution in [2.24, 2.45) is 0 Å². The third kappa shape index (κ3) is 3.68. The van der Waals surface area contributed by atoms with E-state index in [1.807, 2.05) is 29.6 Å². The van der Waals surface area contributed by atoms with Gasteiger partial charge in [0, 0.05) is 37.1 Å². The minimum atomic E-state index is -0.394. The topological polar surface area (TPSA) is 89.3 Å². The van der Waals surface area contributed by atoms with Gasteiger partial charge in [-0.3, -0.25) is 19.4 Å². The Bertz CT molecular complexity index is 855. The number of nitriles is 1. The molecule has 1 saturated heterocycles. The number of amides is 2. The first-order valence-corrected chi connectivity index (χ1v) is 9.15. The van der Waals surface area contributed by atoms with Crippen molar-refractivity contribution in [2.75, 3.05) is 23.8 Å². The van der Waals surface area contributed by atoms with Crippen LogP contribution in [0.3, 0.4) is 0 Å². The van der Waals surface area contributed by atoms with Crippen LogP contribution in [0.15, 0.2) is 29.6 Å². The predicted octanol–water partition coefficient (Wildman–Crippen LogP) is 2.68. The van der Waals surface area contributed by atoms with E-state index in [9.17, 15) is 9.59 Å². The summed E-state index contributed by atoms with van der Waals surface area (Å²) in [6.07, 6.45) is 3.63. The standard InChI is InChI=1S/C18H19N5O2S/c1-12(24)20-14-7-5-13(6-8-14)15-10-26-18(21-15)22(2)17(25)16-4-3-9-23(16)11-19/h5-8,10,16H,3-4,9H2,1-2H3,(H,20,24)/t16-/m0/s1. The van der Waals surface area contributed by atoms with Gasteiger partial charge in [0.05, 0.1) is 5.69 Å². The van der Waals surface area contributed by atoms with Crippen molar-refractivity contribution in [3.8, 4) is 17.5 Å². The molecular formula is C18H19N5O2S. The third-order valence-corrected chi connectivity index (χ3v) is 5.19. The molecule has 1 aromatic heterocycles. The Morgan fingerprint density at radius 1 is 1.38 bits per heavy atom. The normalized spacial score (nSPS) is 16.2. The number of anilines is 2.